The van der Waals surface area contributed by atoms with Crippen molar-refractivity contribution in [1.29, 1.82) is 0 Å². The van der Waals surface area contributed by atoms with Crippen LogP contribution in [-0.2, 0) is 13.1 Å². The van der Waals surface area contributed by atoms with Crippen molar-refractivity contribution in [2.75, 3.05) is 34.3 Å². The molecule has 1 atom stereocenters. The summed E-state index contributed by atoms with van der Waals surface area (Å²) in [5, 5.41) is 0. The van der Waals surface area contributed by atoms with Gasteiger partial charge in [-0.05, 0) is 31.6 Å². The third-order valence-electron chi connectivity index (χ3n) is 6.02. The molecule has 9 heteroatoms. The van der Waals surface area contributed by atoms with Gasteiger partial charge in [-0.25, -0.2) is 15.0 Å². The van der Waals surface area contributed by atoms with E-state index in [-0.39, 0.29) is 11.6 Å². The van der Waals surface area contributed by atoms with Crippen molar-refractivity contribution in [3.05, 3.63) is 81.5 Å². The molecule has 0 spiro atoms. The molecule has 8 nitrogen and oxygen atoms in total. The summed E-state index contributed by atoms with van der Waals surface area (Å²) in [5.74, 6) is 1.37. The van der Waals surface area contributed by atoms with Crippen molar-refractivity contribution in [3.8, 4) is 5.88 Å². The summed E-state index contributed by atoms with van der Waals surface area (Å²) in [6.45, 7) is 4.99. The van der Waals surface area contributed by atoms with Gasteiger partial charge in [0.1, 0.15) is 5.82 Å². The molecular weight excluding hydrogens is 460 g/mol. The van der Waals surface area contributed by atoms with E-state index in [1.54, 1.807) is 17.2 Å². The zero-order valence-corrected chi connectivity index (χ0v) is 21.5. The number of likely N-dealkylation sites (N-methyl/N-ethyl adjacent to an activating group) is 1. The smallest absolute Gasteiger partial charge is 0.281 e. The lowest BCUT2D eigenvalue weighted by molar-refractivity contribution is 0.155. The Hall–Kier alpha value is -3.14. The maximum absolute atomic E-state index is 13.6. The van der Waals surface area contributed by atoms with E-state index in [0.717, 1.165) is 36.5 Å². The minimum absolute atomic E-state index is 0.0556. The average molecular weight is 493 g/mol. The summed E-state index contributed by atoms with van der Waals surface area (Å²) >= 11 is 1.41. The lowest BCUT2D eigenvalue weighted by atomic mass is 10.1. The number of aromatic nitrogens is 4. The Morgan fingerprint density at radius 3 is 2.51 bits per heavy atom. The molecule has 0 N–H and O–H groups in total. The van der Waals surface area contributed by atoms with Crippen LogP contribution in [0.15, 0.2) is 59.0 Å². The molecule has 3 heterocycles. The van der Waals surface area contributed by atoms with Crippen LogP contribution < -0.4 is 10.3 Å². The summed E-state index contributed by atoms with van der Waals surface area (Å²) in [6.07, 6.45) is 2.66. The topological polar surface area (TPSA) is 76.4 Å². The van der Waals surface area contributed by atoms with Gasteiger partial charge in [-0.15, -0.1) is 11.3 Å². The summed E-state index contributed by atoms with van der Waals surface area (Å²) in [4.78, 5) is 32.5. The van der Waals surface area contributed by atoms with Gasteiger partial charge in [0.25, 0.3) is 5.56 Å². The minimum atomic E-state index is -0.0905. The maximum atomic E-state index is 13.6. The van der Waals surface area contributed by atoms with Gasteiger partial charge in [-0.1, -0.05) is 43.3 Å². The number of nitrogens with zero attached hydrogens (tertiary/aromatic N) is 6. The molecule has 0 saturated heterocycles. The highest BCUT2D eigenvalue weighted by molar-refractivity contribution is 7.16. The van der Waals surface area contributed by atoms with E-state index < -0.39 is 0 Å². The number of pyridine rings is 1. The SMILES string of the molecule is CCC(c1nc2scnc2c(=O)n1Cc1ccccc1)N(CCN(C)C)Cc1ccc(OC)nc1. The Kier molecular flexibility index (Phi) is 8.22. The molecule has 0 bridgehead atoms. The van der Waals surface area contributed by atoms with Crippen LogP contribution in [-0.4, -0.2) is 63.6 Å². The van der Waals surface area contributed by atoms with E-state index >= 15 is 0 Å². The van der Waals surface area contributed by atoms with E-state index in [1.165, 1.54) is 11.3 Å². The number of hydrogen-bond acceptors (Lipinski definition) is 8. The molecule has 0 radical (unpaired) electrons. The second kappa shape index (κ2) is 11.5. The van der Waals surface area contributed by atoms with Gasteiger partial charge in [0, 0.05) is 31.9 Å². The highest BCUT2D eigenvalue weighted by Gasteiger charge is 2.26. The standard InChI is InChI=1S/C26H32N6O2S/c1-5-21(31(14-13-30(2)3)16-20-11-12-22(34-4)27-15-20)24-29-25-23(28-18-35-25)26(33)32(24)17-19-9-7-6-8-10-19/h6-12,15,18,21H,5,13-14,16-17H2,1-4H3. The van der Waals surface area contributed by atoms with Crippen LogP contribution in [0.5, 0.6) is 5.88 Å². The summed E-state index contributed by atoms with van der Waals surface area (Å²) in [5.41, 5.74) is 4.18. The lowest BCUT2D eigenvalue weighted by Gasteiger charge is -2.33. The monoisotopic (exact) mass is 492 g/mol. The van der Waals surface area contributed by atoms with E-state index in [0.29, 0.717) is 29.3 Å². The molecule has 1 unspecified atom stereocenters. The fourth-order valence-corrected chi connectivity index (χ4v) is 4.83. The summed E-state index contributed by atoms with van der Waals surface area (Å²) in [6, 6.07) is 13.9. The molecule has 0 aliphatic carbocycles. The van der Waals surface area contributed by atoms with Gasteiger partial charge in [-0.3, -0.25) is 14.3 Å². The largest absolute Gasteiger partial charge is 0.481 e. The van der Waals surface area contributed by atoms with Crippen LogP contribution in [0.2, 0.25) is 0 Å². The van der Waals surface area contributed by atoms with Gasteiger partial charge < -0.3 is 9.64 Å². The van der Waals surface area contributed by atoms with Gasteiger partial charge in [0.2, 0.25) is 5.88 Å². The normalized spacial score (nSPS) is 12.5. The Bertz CT molecular complexity index is 1290. The van der Waals surface area contributed by atoms with Crippen LogP contribution in [0.1, 0.15) is 36.3 Å². The molecule has 0 aliphatic heterocycles. The summed E-state index contributed by atoms with van der Waals surface area (Å²) < 4.78 is 7.03. The first-order valence-electron chi connectivity index (χ1n) is 11.8. The van der Waals surface area contributed by atoms with Crippen molar-refractivity contribution in [3.63, 3.8) is 0 Å². The van der Waals surface area contributed by atoms with Gasteiger partial charge in [0.05, 0.1) is 25.2 Å². The third kappa shape index (κ3) is 5.93. The molecule has 0 amide bonds. The Balaban J connectivity index is 1.77. The molecule has 35 heavy (non-hydrogen) atoms. The third-order valence-corrected chi connectivity index (χ3v) is 6.74. The second-order valence-electron chi connectivity index (χ2n) is 8.76. The highest BCUT2D eigenvalue weighted by Crippen LogP contribution is 2.27. The van der Waals surface area contributed by atoms with Crippen molar-refractivity contribution < 1.29 is 4.74 Å². The van der Waals surface area contributed by atoms with Crippen LogP contribution >= 0.6 is 11.3 Å². The Morgan fingerprint density at radius 2 is 1.86 bits per heavy atom. The quantitative estimate of drug-likeness (QED) is 0.315. The molecule has 184 valence electrons. The van der Waals surface area contributed by atoms with Crippen LogP contribution in [0.3, 0.4) is 0 Å². The number of ether oxygens (including phenoxy) is 1. The van der Waals surface area contributed by atoms with Gasteiger partial charge in [-0.2, -0.15) is 0 Å². The Morgan fingerprint density at radius 1 is 1.06 bits per heavy atom. The molecule has 4 aromatic rings. The number of fused-ring (bicyclic) bond motifs is 1. The van der Waals surface area contributed by atoms with Crippen molar-refractivity contribution in [2.24, 2.45) is 0 Å². The molecule has 0 fully saturated rings. The Labute approximate surface area is 209 Å². The van der Waals surface area contributed by atoms with E-state index in [1.807, 2.05) is 48.7 Å². The fraction of sp³-hybridized carbons (Fsp3) is 0.385. The number of hydrogen-bond donors (Lipinski definition) is 0. The fourth-order valence-electron chi connectivity index (χ4n) is 4.17. The zero-order chi connectivity index (χ0) is 24.8. The van der Waals surface area contributed by atoms with E-state index in [4.69, 9.17) is 9.72 Å². The first-order chi connectivity index (χ1) is 17.0. The predicted molar refractivity (Wildman–Crippen MR) is 140 cm³/mol. The number of benzene rings is 1. The number of methoxy groups -OCH3 is 1. The molecule has 0 aliphatic rings. The van der Waals surface area contributed by atoms with Crippen LogP contribution in [0.4, 0.5) is 0 Å². The average Bonchev–Trinajstić information content (AvgIpc) is 3.35. The lowest BCUT2D eigenvalue weighted by Crippen LogP contribution is -2.38. The first kappa shape index (κ1) is 25.0. The van der Waals surface area contributed by atoms with Crippen LogP contribution in [0.25, 0.3) is 10.3 Å². The zero-order valence-electron chi connectivity index (χ0n) is 20.7. The van der Waals surface area contributed by atoms with Crippen molar-refractivity contribution in [2.45, 2.75) is 32.5 Å². The minimum Gasteiger partial charge on any atom is -0.481 e. The van der Waals surface area contributed by atoms with Crippen molar-refractivity contribution in [1.82, 2.24) is 29.3 Å². The molecular formula is C26H32N6O2S. The van der Waals surface area contributed by atoms with Gasteiger partial charge >= 0.3 is 0 Å². The molecule has 1 aromatic carbocycles. The van der Waals surface area contributed by atoms with Gasteiger partial charge in [0.15, 0.2) is 10.3 Å². The van der Waals surface area contributed by atoms with E-state index in [2.05, 4.69) is 40.8 Å². The van der Waals surface area contributed by atoms with E-state index in [9.17, 15) is 4.79 Å². The highest BCUT2D eigenvalue weighted by atomic mass is 32.1. The first-order valence-corrected chi connectivity index (χ1v) is 12.6. The second-order valence-corrected chi connectivity index (χ2v) is 9.59. The number of rotatable bonds is 11. The molecule has 0 saturated carbocycles. The van der Waals surface area contributed by atoms with Crippen LogP contribution in [0, 0.1) is 0 Å². The maximum Gasteiger partial charge on any atom is 0.281 e. The number of thiazole rings is 1. The predicted octanol–water partition coefficient (Wildman–Crippen LogP) is 3.82. The molecule has 3 aromatic heterocycles. The summed E-state index contributed by atoms with van der Waals surface area (Å²) in [7, 11) is 5.76. The van der Waals surface area contributed by atoms with Crippen molar-refractivity contribution >= 4 is 21.7 Å². The molecule has 4 rings (SSSR count).